The maximum atomic E-state index is 12.8. The highest BCUT2D eigenvalue weighted by Gasteiger charge is 2.23. The molecule has 0 saturated carbocycles. The van der Waals surface area contributed by atoms with Crippen molar-refractivity contribution < 1.29 is 14.6 Å². The van der Waals surface area contributed by atoms with Gasteiger partial charge in [0.15, 0.2) is 0 Å². The molecule has 36 heavy (non-hydrogen) atoms. The van der Waals surface area contributed by atoms with E-state index < -0.39 is 11.3 Å². The van der Waals surface area contributed by atoms with E-state index in [-0.39, 0.29) is 23.6 Å². The third kappa shape index (κ3) is 6.96. The fourth-order valence-electron chi connectivity index (χ4n) is 3.65. The third-order valence-corrected chi connectivity index (χ3v) is 5.73. The van der Waals surface area contributed by atoms with Crippen LogP contribution < -0.4 is 27.0 Å². The largest absolute Gasteiger partial charge is 0.512 e. The lowest BCUT2D eigenvalue weighted by atomic mass is 9.93. The molecule has 3 rings (SSSR count). The molecule has 2 aliphatic heterocycles. The summed E-state index contributed by atoms with van der Waals surface area (Å²) in [6.45, 7) is 10.8. The van der Waals surface area contributed by atoms with Gasteiger partial charge in [0.25, 0.3) is 5.91 Å². The molecule has 0 radical (unpaired) electrons. The highest BCUT2D eigenvalue weighted by Crippen LogP contribution is 2.26. The Labute approximate surface area is 212 Å². The Hall–Kier alpha value is -3.63. The Kier molecular flexibility index (Phi) is 8.54. The average molecular weight is 496 g/mol. The minimum Gasteiger partial charge on any atom is -0.512 e. The van der Waals surface area contributed by atoms with Gasteiger partial charge in [0, 0.05) is 54.2 Å². The first-order chi connectivity index (χ1) is 17.0. The number of amidine groups is 1. The summed E-state index contributed by atoms with van der Waals surface area (Å²) in [5.74, 6) is -0.430. The van der Waals surface area contributed by atoms with Crippen molar-refractivity contribution in [1.29, 1.82) is 0 Å². The van der Waals surface area contributed by atoms with Crippen LogP contribution >= 0.6 is 0 Å². The maximum Gasteiger partial charge on any atom is 0.279 e. The van der Waals surface area contributed by atoms with Gasteiger partial charge in [-0.15, -0.1) is 5.53 Å². The molecule has 10 heteroatoms. The van der Waals surface area contributed by atoms with Crippen LogP contribution in [0.25, 0.3) is 0 Å². The van der Waals surface area contributed by atoms with E-state index in [1.807, 2.05) is 51.2 Å². The molecule has 0 aromatic heterocycles. The summed E-state index contributed by atoms with van der Waals surface area (Å²) in [4.78, 5) is 21.2. The summed E-state index contributed by atoms with van der Waals surface area (Å²) < 4.78 is 5.20. The topological polar surface area (TPSA) is 137 Å². The van der Waals surface area contributed by atoms with Crippen molar-refractivity contribution in [1.82, 2.24) is 16.3 Å². The number of aliphatic hydroxyl groups excluding tert-OH is 1. The van der Waals surface area contributed by atoms with Crippen LogP contribution in [0.4, 0.5) is 5.69 Å². The van der Waals surface area contributed by atoms with Crippen LogP contribution in [0, 0.1) is 18.3 Å². The molecule has 2 heterocycles. The summed E-state index contributed by atoms with van der Waals surface area (Å²) in [6, 6.07) is 5.48. The Morgan fingerprint density at radius 1 is 1.44 bits per heavy atom. The molecule has 1 amide bonds. The summed E-state index contributed by atoms with van der Waals surface area (Å²) in [7, 11) is 1.68. The number of carbonyl (C=O) groups excluding carboxylic acids is 1. The van der Waals surface area contributed by atoms with E-state index in [2.05, 4.69) is 39.3 Å². The molecule has 0 fully saturated rings. The summed E-state index contributed by atoms with van der Waals surface area (Å²) in [5.41, 5.74) is 15.8. The van der Waals surface area contributed by atoms with Gasteiger partial charge in [0.1, 0.15) is 11.6 Å². The predicted molar refractivity (Wildman–Crippen MR) is 144 cm³/mol. The number of amides is 1. The monoisotopic (exact) mass is 495 g/mol. The van der Waals surface area contributed by atoms with E-state index in [0.29, 0.717) is 18.7 Å². The molecule has 0 spiro atoms. The van der Waals surface area contributed by atoms with Crippen molar-refractivity contribution in [3.8, 4) is 0 Å². The number of methoxy groups -OCH3 is 1. The van der Waals surface area contributed by atoms with Gasteiger partial charge in [0.2, 0.25) is 0 Å². The second-order valence-electron chi connectivity index (χ2n) is 10.0. The van der Waals surface area contributed by atoms with Crippen LogP contribution in [0.15, 0.2) is 63.7 Å². The SMILES string of the molecule is COCC(C)NC1=CC(C2=CN(c3cc(C(=O)N=C(N)/C=C(\O)C(C)(C)C)ccc3C)NN2)CN=C1. The van der Waals surface area contributed by atoms with Gasteiger partial charge < -0.3 is 26.3 Å². The molecule has 1 aromatic carbocycles. The van der Waals surface area contributed by atoms with Crippen molar-refractivity contribution in [2.45, 2.75) is 40.7 Å². The molecule has 194 valence electrons. The number of nitrogens with zero attached hydrogens (tertiary/aromatic N) is 3. The quantitative estimate of drug-likeness (QED) is 0.211. The van der Waals surface area contributed by atoms with Gasteiger partial charge in [-0.2, -0.15) is 4.99 Å². The van der Waals surface area contributed by atoms with E-state index in [1.54, 1.807) is 19.2 Å². The van der Waals surface area contributed by atoms with Crippen LogP contribution in [0.3, 0.4) is 0 Å². The molecule has 0 saturated heterocycles. The van der Waals surface area contributed by atoms with E-state index >= 15 is 0 Å². The van der Waals surface area contributed by atoms with Crippen LogP contribution in [-0.4, -0.2) is 49.4 Å². The lowest BCUT2D eigenvalue weighted by Crippen LogP contribution is -2.38. The molecule has 6 N–H and O–H groups in total. The predicted octanol–water partition coefficient (Wildman–Crippen LogP) is 2.86. The number of aryl methyl sites for hydroxylation is 1. The number of aliphatic imine (C=N–C) groups is 2. The molecule has 2 atom stereocenters. The first-order valence-electron chi connectivity index (χ1n) is 11.9. The lowest BCUT2D eigenvalue weighted by Gasteiger charge is -2.20. The second kappa shape index (κ2) is 11.4. The van der Waals surface area contributed by atoms with Gasteiger partial charge in [-0.25, -0.2) is 0 Å². The molecular weight excluding hydrogens is 458 g/mol. The average Bonchev–Trinajstić information content (AvgIpc) is 3.29. The van der Waals surface area contributed by atoms with Crippen molar-refractivity contribution in [2.24, 2.45) is 27.1 Å². The lowest BCUT2D eigenvalue weighted by molar-refractivity contribution is 0.100. The molecular formula is C26H37N7O3. The van der Waals surface area contributed by atoms with Gasteiger partial charge in [-0.05, 0) is 37.6 Å². The number of carbonyl (C=O) groups is 1. The number of hydrogen-bond acceptors (Lipinski definition) is 8. The van der Waals surface area contributed by atoms with Crippen molar-refractivity contribution in [3.63, 3.8) is 0 Å². The maximum absolute atomic E-state index is 12.8. The van der Waals surface area contributed by atoms with Crippen molar-refractivity contribution in [3.05, 3.63) is 64.8 Å². The zero-order valence-electron chi connectivity index (χ0n) is 21.8. The number of allylic oxidation sites excluding steroid dienone is 2. The highest BCUT2D eigenvalue weighted by atomic mass is 16.5. The van der Waals surface area contributed by atoms with E-state index in [0.717, 1.165) is 22.6 Å². The van der Waals surface area contributed by atoms with Crippen LogP contribution in [-0.2, 0) is 4.74 Å². The first kappa shape index (κ1) is 27.0. The van der Waals surface area contributed by atoms with Gasteiger partial charge in [-0.3, -0.25) is 14.8 Å². The molecule has 1 aromatic rings. The fraction of sp³-hybridized carbons (Fsp3) is 0.423. The number of ether oxygens (including phenoxy) is 1. The number of aliphatic hydroxyl groups is 1. The van der Waals surface area contributed by atoms with Crippen LogP contribution in [0.1, 0.15) is 43.6 Å². The zero-order valence-corrected chi connectivity index (χ0v) is 21.8. The van der Waals surface area contributed by atoms with Gasteiger partial charge in [0.05, 0.1) is 24.5 Å². The first-order valence-corrected chi connectivity index (χ1v) is 11.9. The van der Waals surface area contributed by atoms with Crippen molar-refractivity contribution in [2.75, 3.05) is 25.3 Å². The zero-order chi connectivity index (χ0) is 26.5. The smallest absolute Gasteiger partial charge is 0.279 e. The second-order valence-corrected chi connectivity index (χ2v) is 10.0. The Balaban J connectivity index is 1.77. The fourth-order valence-corrected chi connectivity index (χ4v) is 3.65. The van der Waals surface area contributed by atoms with E-state index in [9.17, 15) is 9.90 Å². The summed E-state index contributed by atoms with van der Waals surface area (Å²) in [6.07, 6.45) is 7.24. The number of anilines is 1. The number of nitrogens with one attached hydrogen (secondary N) is 3. The minimum atomic E-state index is -0.492. The molecule has 2 unspecified atom stereocenters. The molecule has 0 bridgehead atoms. The molecule has 2 aliphatic rings. The Bertz CT molecular complexity index is 1130. The number of rotatable bonds is 8. The van der Waals surface area contributed by atoms with E-state index in [1.165, 1.54) is 6.08 Å². The van der Waals surface area contributed by atoms with Gasteiger partial charge in [-0.1, -0.05) is 26.8 Å². The standard InChI is InChI=1S/C26H37N7O3/c1-16-7-8-18(25(35)30-24(27)11-23(34)26(3,4)5)10-22(16)33-14-21(31-32-33)19-9-20(13-28-12-19)29-17(2)15-36-6/h7-11,13-14,17,19,29,31-32,34H,12,15H2,1-6H3,(H2,27,30,35)/b23-11-. The summed E-state index contributed by atoms with van der Waals surface area (Å²) in [5, 5.41) is 15.3. The summed E-state index contributed by atoms with van der Waals surface area (Å²) >= 11 is 0. The van der Waals surface area contributed by atoms with Gasteiger partial charge >= 0.3 is 0 Å². The third-order valence-electron chi connectivity index (χ3n) is 5.73. The van der Waals surface area contributed by atoms with Crippen LogP contribution in [0.2, 0.25) is 0 Å². The van der Waals surface area contributed by atoms with E-state index in [4.69, 9.17) is 10.5 Å². The molecule has 10 nitrogen and oxygen atoms in total. The Morgan fingerprint density at radius 2 is 2.19 bits per heavy atom. The molecule has 0 aliphatic carbocycles. The minimum absolute atomic E-state index is 0.0495. The normalized spacial score (nSPS) is 19.5. The number of hydrazine groups is 2. The number of benzene rings is 1. The number of hydrogen-bond donors (Lipinski definition) is 5. The number of nitrogens with two attached hydrogens (primary N) is 1. The van der Waals surface area contributed by atoms with Crippen molar-refractivity contribution >= 4 is 23.6 Å². The Morgan fingerprint density at radius 3 is 2.89 bits per heavy atom. The number of dihydropyridines is 1. The van der Waals surface area contributed by atoms with Crippen LogP contribution in [0.5, 0.6) is 0 Å². The highest BCUT2D eigenvalue weighted by molar-refractivity contribution is 6.06.